The highest BCUT2D eigenvalue weighted by molar-refractivity contribution is 5.77. The zero-order chi connectivity index (χ0) is 10.9. The Balaban J connectivity index is 2.66. The first-order valence-corrected chi connectivity index (χ1v) is 4.02. The van der Waals surface area contributed by atoms with Gasteiger partial charge in [0.25, 0.3) is 0 Å². The average molecular weight is 208 g/mol. The van der Waals surface area contributed by atoms with Crippen LogP contribution in [0.15, 0.2) is 0 Å². The molecule has 5 N–H and O–H groups in total. The van der Waals surface area contributed by atoms with Crippen molar-refractivity contribution in [1.29, 1.82) is 0 Å². The van der Waals surface area contributed by atoms with Crippen LogP contribution >= 0.6 is 0 Å². The molecular formula is C7H12O7. The molecule has 0 amide bonds. The first kappa shape index (κ1) is 11.3. The standard InChI is InChI=1S/C7H12O7/c8-1-2(9)3(10)6-4(11)5(12)7(13)14-6/h2-6,8-12H,1H2/t2-,3?,4-,5+,6-/m0/s1. The molecular weight excluding hydrogens is 196 g/mol. The second kappa shape index (κ2) is 4.20. The highest BCUT2D eigenvalue weighted by atomic mass is 16.6. The fourth-order valence-electron chi connectivity index (χ4n) is 1.19. The van der Waals surface area contributed by atoms with E-state index in [0.29, 0.717) is 0 Å². The maximum absolute atomic E-state index is 10.7. The molecule has 0 aliphatic carbocycles. The largest absolute Gasteiger partial charge is 0.455 e. The monoisotopic (exact) mass is 208 g/mol. The van der Waals surface area contributed by atoms with Gasteiger partial charge in [0.15, 0.2) is 12.2 Å². The van der Waals surface area contributed by atoms with Gasteiger partial charge in [0, 0.05) is 0 Å². The average Bonchev–Trinajstić information content (AvgIpc) is 2.43. The van der Waals surface area contributed by atoms with E-state index in [1.807, 2.05) is 0 Å². The van der Waals surface area contributed by atoms with Crippen molar-refractivity contribution in [3.05, 3.63) is 0 Å². The summed E-state index contributed by atoms with van der Waals surface area (Å²) in [6.07, 6.45) is -7.90. The number of cyclic esters (lactones) is 1. The summed E-state index contributed by atoms with van der Waals surface area (Å²) in [5, 5.41) is 44.9. The summed E-state index contributed by atoms with van der Waals surface area (Å²) < 4.78 is 4.41. The summed E-state index contributed by atoms with van der Waals surface area (Å²) in [5.74, 6) is -1.06. The van der Waals surface area contributed by atoms with E-state index in [-0.39, 0.29) is 0 Å². The Hall–Kier alpha value is -0.730. The predicted molar refractivity (Wildman–Crippen MR) is 41.0 cm³/mol. The molecule has 1 aliphatic heterocycles. The van der Waals surface area contributed by atoms with Gasteiger partial charge >= 0.3 is 5.97 Å². The molecule has 0 spiro atoms. The molecule has 1 heterocycles. The molecule has 14 heavy (non-hydrogen) atoms. The van der Waals surface area contributed by atoms with Crippen LogP contribution in [0.1, 0.15) is 0 Å². The van der Waals surface area contributed by atoms with Crippen LogP contribution in [0.5, 0.6) is 0 Å². The van der Waals surface area contributed by atoms with Gasteiger partial charge in [0.05, 0.1) is 6.61 Å². The summed E-state index contributed by atoms with van der Waals surface area (Å²) in [4.78, 5) is 10.7. The van der Waals surface area contributed by atoms with Crippen molar-refractivity contribution in [2.45, 2.75) is 30.5 Å². The van der Waals surface area contributed by atoms with Crippen LogP contribution in [-0.2, 0) is 9.53 Å². The van der Waals surface area contributed by atoms with E-state index < -0.39 is 43.1 Å². The number of ether oxygens (including phenoxy) is 1. The SMILES string of the molecule is O=C1O[C@@H](C(O)[C@@H](O)CO)[C@@H](O)[C@H]1O. The lowest BCUT2D eigenvalue weighted by atomic mass is 10.0. The quantitative estimate of drug-likeness (QED) is 0.302. The van der Waals surface area contributed by atoms with E-state index in [1.165, 1.54) is 0 Å². The summed E-state index contributed by atoms with van der Waals surface area (Å²) in [6.45, 7) is -0.738. The summed E-state index contributed by atoms with van der Waals surface area (Å²) in [5.41, 5.74) is 0. The smallest absolute Gasteiger partial charge is 0.338 e. The van der Waals surface area contributed by atoms with Crippen molar-refractivity contribution in [1.82, 2.24) is 0 Å². The van der Waals surface area contributed by atoms with Gasteiger partial charge in [-0.2, -0.15) is 0 Å². The number of carbonyl (C=O) groups is 1. The van der Waals surface area contributed by atoms with Gasteiger partial charge in [0.1, 0.15) is 18.3 Å². The number of carbonyl (C=O) groups excluding carboxylic acids is 1. The van der Waals surface area contributed by atoms with Gasteiger partial charge < -0.3 is 30.3 Å². The Labute approximate surface area is 79.2 Å². The number of aliphatic hydroxyl groups is 5. The summed E-state index contributed by atoms with van der Waals surface area (Å²) in [7, 11) is 0. The predicted octanol–water partition coefficient (Wildman–Crippen LogP) is -3.65. The molecule has 7 heteroatoms. The minimum Gasteiger partial charge on any atom is -0.455 e. The summed E-state index contributed by atoms with van der Waals surface area (Å²) in [6, 6.07) is 0. The number of hydrogen-bond donors (Lipinski definition) is 5. The topological polar surface area (TPSA) is 127 Å². The zero-order valence-electron chi connectivity index (χ0n) is 7.15. The Morgan fingerprint density at radius 1 is 1.36 bits per heavy atom. The van der Waals surface area contributed by atoms with Crippen LogP contribution in [-0.4, -0.2) is 68.6 Å². The van der Waals surface area contributed by atoms with Crippen molar-refractivity contribution in [3.8, 4) is 0 Å². The molecule has 1 aliphatic rings. The fraction of sp³-hybridized carbons (Fsp3) is 0.857. The van der Waals surface area contributed by atoms with Crippen LogP contribution in [0.2, 0.25) is 0 Å². The molecule has 7 nitrogen and oxygen atoms in total. The Bertz CT molecular complexity index is 218. The molecule has 0 aromatic carbocycles. The van der Waals surface area contributed by atoms with Crippen LogP contribution in [0.3, 0.4) is 0 Å². The van der Waals surface area contributed by atoms with Crippen molar-refractivity contribution < 1.29 is 35.1 Å². The maximum atomic E-state index is 10.7. The minimum atomic E-state index is -1.72. The zero-order valence-corrected chi connectivity index (χ0v) is 7.15. The lowest BCUT2D eigenvalue weighted by Crippen LogP contribution is -2.46. The van der Waals surface area contributed by atoms with E-state index in [4.69, 9.17) is 15.3 Å². The molecule has 0 saturated carbocycles. The first-order chi connectivity index (χ1) is 6.49. The number of rotatable bonds is 3. The Morgan fingerprint density at radius 3 is 2.29 bits per heavy atom. The first-order valence-electron chi connectivity index (χ1n) is 4.02. The van der Waals surface area contributed by atoms with Gasteiger partial charge in [-0.15, -0.1) is 0 Å². The molecule has 0 aromatic heterocycles. The molecule has 5 atom stereocenters. The van der Waals surface area contributed by atoms with Gasteiger partial charge in [-0.25, -0.2) is 4.79 Å². The molecule has 1 fully saturated rings. The van der Waals surface area contributed by atoms with Crippen molar-refractivity contribution in [2.75, 3.05) is 6.61 Å². The third-order valence-electron chi connectivity index (χ3n) is 2.07. The number of hydrogen-bond acceptors (Lipinski definition) is 7. The maximum Gasteiger partial charge on any atom is 0.338 e. The molecule has 0 radical (unpaired) electrons. The van der Waals surface area contributed by atoms with Gasteiger partial charge in [-0.3, -0.25) is 0 Å². The van der Waals surface area contributed by atoms with Crippen LogP contribution in [0, 0.1) is 0 Å². The molecule has 1 unspecified atom stereocenters. The number of aliphatic hydroxyl groups excluding tert-OH is 5. The summed E-state index contributed by atoms with van der Waals surface area (Å²) >= 11 is 0. The van der Waals surface area contributed by atoms with Gasteiger partial charge in [-0.05, 0) is 0 Å². The minimum absolute atomic E-state index is 0.738. The number of esters is 1. The lowest BCUT2D eigenvalue weighted by molar-refractivity contribution is -0.155. The second-order valence-corrected chi connectivity index (χ2v) is 3.08. The van der Waals surface area contributed by atoms with Gasteiger partial charge in [-0.1, -0.05) is 0 Å². The highest BCUT2D eigenvalue weighted by Gasteiger charge is 2.47. The van der Waals surface area contributed by atoms with Crippen LogP contribution in [0.25, 0.3) is 0 Å². The van der Waals surface area contributed by atoms with E-state index in [0.717, 1.165) is 0 Å². The van der Waals surface area contributed by atoms with E-state index in [1.54, 1.807) is 0 Å². The molecule has 1 rings (SSSR count). The highest BCUT2D eigenvalue weighted by Crippen LogP contribution is 2.20. The van der Waals surface area contributed by atoms with Crippen molar-refractivity contribution in [2.24, 2.45) is 0 Å². The third-order valence-corrected chi connectivity index (χ3v) is 2.07. The lowest BCUT2D eigenvalue weighted by Gasteiger charge is -2.23. The third kappa shape index (κ3) is 1.86. The molecule has 82 valence electrons. The molecule has 1 saturated heterocycles. The Morgan fingerprint density at radius 2 is 1.93 bits per heavy atom. The fourth-order valence-corrected chi connectivity index (χ4v) is 1.19. The molecule has 0 aromatic rings. The molecule has 0 bridgehead atoms. The van der Waals surface area contributed by atoms with Crippen molar-refractivity contribution in [3.63, 3.8) is 0 Å². The van der Waals surface area contributed by atoms with E-state index in [9.17, 15) is 15.0 Å². The van der Waals surface area contributed by atoms with Crippen LogP contribution < -0.4 is 0 Å². The second-order valence-electron chi connectivity index (χ2n) is 3.08. The van der Waals surface area contributed by atoms with Gasteiger partial charge in [0.2, 0.25) is 0 Å². The van der Waals surface area contributed by atoms with E-state index in [2.05, 4.69) is 4.74 Å². The van der Waals surface area contributed by atoms with E-state index >= 15 is 0 Å². The van der Waals surface area contributed by atoms with Crippen molar-refractivity contribution >= 4 is 5.97 Å². The normalized spacial score (nSPS) is 36.6. The van der Waals surface area contributed by atoms with Crippen LogP contribution in [0.4, 0.5) is 0 Å². The Kier molecular flexibility index (Phi) is 3.40.